The average Bonchev–Trinajstić information content (AvgIpc) is 3.22. The van der Waals surface area contributed by atoms with Crippen LogP contribution in [0.5, 0.6) is 0 Å². The van der Waals surface area contributed by atoms with Crippen molar-refractivity contribution in [2.45, 2.75) is 47.5 Å². The summed E-state index contributed by atoms with van der Waals surface area (Å²) in [6.45, 7) is 10.1. The molecule has 1 N–H and O–H groups in total. The third-order valence-electron chi connectivity index (χ3n) is 5.82. The molecular formula is C27H31N4O3+. The number of amides is 2. The summed E-state index contributed by atoms with van der Waals surface area (Å²) in [5, 5.41) is 3.21. The predicted molar refractivity (Wildman–Crippen MR) is 131 cm³/mol. The molecule has 1 aliphatic rings. The van der Waals surface area contributed by atoms with Gasteiger partial charge in [-0.05, 0) is 44.4 Å². The van der Waals surface area contributed by atoms with Crippen molar-refractivity contribution in [3.8, 4) is 5.69 Å². The number of hydrogen-bond acceptors (Lipinski definition) is 3. The first-order valence-corrected chi connectivity index (χ1v) is 11.7. The van der Waals surface area contributed by atoms with Gasteiger partial charge in [0.15, 0.2) is 12.4 Å². The SMILES string of the molecule is CCCc1[nH]n(-c2ccccc2)c(=O)c1C1=C([n+]2cc(C)cc(C)c2)C(=O)N(CC(C)C)C1=O. The second kappa shape index (κ2) is 9.25. The Labute approximate surface area is 199 Å². The minimum atomic E-state index is -0.422. The van der Waals surface area contributed by atoms with Gasteiger partial charge in [0.1, 0.15) is 5.57 Å². The predicted octanol–water partition coefficient (Wildman–Crippen LogP) is 3.42. The molecule has 0 spiro atoms. The van der Waals surface area contributed by atoms with E-state index in [4.69, 9.17) is 0 Å². The van der Waals surface area contributed by atoms with Crippen LogP contribution in [0.15, 0.2) is 53.6 Å². The zero-order valence-electron chi connectivity index (χ0n) is 20.4. The molecule has 34 heavy (non-hydrogen) atoms. The van der Waals surface area contributed by atoms with E-state index in [1.165, 1.54) is 9.58 Å². The first kappa shape index (κ1) is 23.4. The van der Waals surface area contributed by atoms with E-state index in [0.29, 0.717) is 17.8 Å². The van der Waals surface area contributed by atoms with Crippen LogP contribution in [0.1, 0.15) is 49.6 Å². The third-order valence-corrected chi connectivity index (χ3v) is 5.82. The molecule has 3 heterocycles. The van der Waals surface area contributed by atoms with Crippen LogP contribution in [-0.4, -0.2) is 33.0 Å². The lowest BCUT2D eigenvalue weighted by molar-refractivity contribution is -0.577. The van der Waals surface area contributed by atoms with E-state index in [1.807, 2.05) is 83.4 Å². The molecule has 3 aromatic rings. The second-order valence-electron chi connectivity index (χ2n) is 9.33. The smallest absolute Gasteiger partial charge is 0.294 e. The number of aryl methyl sites for hydroxylation is 3. The molecular weight excluding hydrogens is 428 g/mol. The molecule has 0 fully saturated rings. The van der Waals surface area contributed by atoms with E-state index in [0.717, 1.165) is 17.5 Å². The van der Waals surface area contributed by atoms with E-state index < -0.39 is 5.91 Å². The van der Waals surface area contributed by atoms with Crippen LogP contribution in [0.3, 0.4) is 0 Å². The highest BCUT2D eigenvalue weighted by Crippen LogP contribution is 2.31. The Kier molecular flexibility index (Phi) is 6.37. The molecule has 2 aromatic heterocycles. The Hall–Kier alpha value is -3.74. The quantitative estimate of drug-likeness (QED) is 0.434. The van der Waals surface area contributed by atoms with E-state index in [-0.39, 0.29) is 40.8 Å². The van der Waals surface area contributed by atoms with Gasteiger partial charge in [-0.1, -0.05) is 45.4 Å². The summed E-state index contributed by atoms with van der Waals surface area (Å²) in [5.74, 6) is -0.702. The Morgan fingerprint density at radius 2 is 1.62 bits per heavy atom. The van der Waals surface area contributed by atoms with E-state index in [1.54, 1.807) is 4.57 Å². The van der Waals surface area contributed by atoms with E-state index in [9.17, 15) is 14.4 Å². The first-order valence-electron chi connectivity index (χ1n) is 11.7. The molecule has 1 aliphatic heterocycles. The molecule has 0 aliphatic carbocycles. The summed E-state index contributed by atoms with van der Waals surface area (Å²) < 4.78 is 3.16. The van der Waals surface area contributed by atoms with Gasteiger partial charge >= 0.3 is 5.91 Å². The van der Waals surface area contributed by atoms with Crippen LogP contribution >= 0.6 is 0 Å². The average molecular weight is 460 g/mol. The molecule has 0 unspecified atom stereocenters. The first-order chi connectivity index (χ1) is 16.2. The van der Waals surface area contributed by atoms with Crippen molar-refractivity contribution in [3.63, 3.8) is 0 Å². The minimum absolute atomic E-state index is 0.0973. The molecule has 4 rings (SSSR count). The molecule has 0 radical (unpaired) electrons. The van der Waals surface area contributed by atoms with E-state index >= 15 is 0 Å². The Balaban J connectivity index is 2.03. The monoisotopic (exact) mass is 459 g/mol. The number of carbonyl (C=O) groups is 2. The normalized spacial score (nSPS) is 14.1. The summed E-state index contributed by atoms with van der Waals surface area (Å²) in [7, 11) is 0. The number of carbonyl (C=O) groups excluding carboxylic acids is 2. The molecule has 0 saturated heterocycles. The Bertz CT molecular complexity index is 1330. The van der Waals surface area contributed by atoms with Crippen molar-refractivity contribution in [1.29, 1.82) is 0 Å². The largest absolute Gasteiger partial charge is 0.326 e. The van der Waals surface area contributed by atoms with Crippen LogP contribution < -0.4 is 10.1 Å². The number of pyridine rings is 1. The number of nitrogens with one attached hydrogen (secondary N) is 1. The molecule has 7 nitrogen and oxygen atoms in total. The zero-order valence-corrected chi connectivity index (χ0v) is 20.4. The molecule has 176 valence electrons. The third kappa shape index (κ3) is 4.14. The van der Waals surface area contributed by atoms with Crippen molar-refractivity contribution < 1.29 is 14.2 Å². The number of H-pyrrole nitrogens is 1. The molecule has 2 amide bonds. The van der Waals surface area contributed by atoms with Crippen LogP contribution in [0.25, 0.3) is 17.0 Å². The van der Waals surface area contributed by atoms with Crippen LogP contribution in [0.4, 0.5) is 0 Å². The highest BCUT2D eigenvalue weighted by atomic mass is 16.2. The Morgan fingerprint density at radius 1 is 0.971 bits per heavy atom. The topological polar surface area (TPSA) is 79.1 Å². The van der Waals surface area contributed by atoms with Crippen molar-refractivity contribution >= 4 is 23.1 Å². The number of benzene rings is 1. The fourth-order valence-corrected chi connectivity index (χ4v) is 4.53. The minimum Gasteiger partial charge on any atom is -0.294 e. The molecule has 0 atom stereocenters. The van der Waals surface area contributed by atoms with Gasteiger partial charge in [0, 0.05) is 23.4 Å². The molecule has 0 bridgehead atoms. The summed E-state index contributed by atoms with van der Waals surface area (Å²) in [6.07, 6.45) is 5.01. The number of hydrogen-bond donors (Lipinski definition) is 1. The van der Waals surface area contributed by atoms with Gasteiger partial charge < -0.3 is 0 Å². The maximum atomic E-state index is 13.8. The standard InChI is InChI=1S/C27H30N4O3/c1-6-10-21-22(26(33)31(28-21)20-11-8-7-9-12-20)23-24(29-15-18(4)13-19(5)16-29)27(34)30(25(23)32)14-17(2)3/h7-9,11-13,15-17H,6,10,14H2,1-5H3/p+1. The van der Waals surface area contributed by atoms with Gasteiger partial charge in [-0.3, -0.25) is 24.4 Å². The number of aromatic nitrogens is 3. The fraction of sp³-hybridized carbons (Fsp3) is 0.333. The lowest BCUT2D eigenvalue weighted by Gasteiger charge is -2.16. The van der Waals surface area contributed by atoms with Gasteiger partial charge in [-0.2, -0.15) is 4.57 Å². The maximum absolute atomic E-state index is 13.8. The van der Waals surface area contributed by atoms with Crippen molar-refractivity contribution in [2.75, 3.05) is 6.54 Å². The number of imide groups is 1. The maximum Gasteiger partial charge on any atom is 0.326 e. The number of para-hydroxylation sites is 1. The summed E-state index contributed by atoms with van der Waals surface area (Å²) in [6, 6.07) is 11.3. The van der Waals surface area contributed by atoms with Crippen molar-refractivity contribution in [2.24, 2.45) is 5.92 Å². The number of nitrogens with zero attached hydrogens (tertiary/aromatic N) is 3. The molecule has 1 aromatic carbocycles. The molecule has 0 saturated carbocycles. The summed E-state index contributed by atoms with van der Waals surface area (Å²) >= 11 is 0. The van der Waals surface area contributed by atoms with Crippen molar-refractivity contribution in [3.05, 3.63) is 81.5 Å². The second-order valence-corrected chi connectivity index (χ2v) is 9.33. The lowest BCUT2D eigenvalue weighted by atomic mass is 10.0. The van der Waals surface area contributed by atoms with Crippen LogP contribution in [0, 0.1) is 19.8 Å². The van der Waals surface area contributed by atoms with E-state index in [2.05, 4.69) is 5.10 Å². The van der Waals surface area contributed by atoms with Gasteiger partial charge in [-0.15, -0.1) is 0 Å². The lowest BCUT2D eigenvalue weighted by Crippen LogP contribution is -2.41. The summed E-state index contributed by atoms with van der Waals surface area (Å²) in [4.78, 5) is 42.4. The molecule has 7 heteroatoms. The summed E-state index contributed by atoms with van der Waals surface area (Å²) in [5.41, 5.74) is 3.58. The number of rotatable bonds is 7. The fourth-order valence-electron chi connectivity index (χ4n) is 4.53. The van der Waals surface area contributed by atoms with Crippen LogP contribution in [0.2, 0.25) is 0 Å². The Morgan fingerprint density at radius 3 is 2.21 bits per heavy atom. The van der Waals surface area contributed by atoms with Gasteiger partial charge in [0.05, 0.1) is 11.3 Å². The highest BCUT2D eigenvalue weighted by Gasteiger charge is 2.47. The van der Waals surface area contributed by atoms with Gasteiger partial charge in [0.2, 0.25) is 0 Å². The highest BCUT2D eigenvalue weighted by molar-refractivity contribution is 6.44. The van der Waals surface area contributed by atoms with Gasteiger partial charge in [0.25, 0.3) is 17.2 Å². The zero-order chi connectivity index (χ0) is 24.6. The van der Waals surface area contributed by atoms with Crippen molar-refractivity contribution in [1.82, 2.24) is 14.7 Å². The van der Waals surface area contributed by atoms with Crippen LogP contribution in [-0.2, 0) is 16.0 Å². The van der Waals surface area contributed by atoms with Gasteiger partial charge in [-0.25, -0.2) is 4.68 Å². The number of aromatic amines is 1.